The highest BCUT2D eigenvalue weighted by molar-refractivity contribution is 9.10. The first-order valence-corrected chi connectivity index (χ1v) is 9.22. The molecular formula is C15H13BrF2N2O3S. The SMILES string of the molecule is O=C(NS(=O)(=O)CCNc1ccc(Br)c(F)c1F)c1ccccc1. The molecule has 0 fully saturated rings. The average molecular weight is 419 g/mol. The van der Waals surface area contributed by atoms with Crippen molar-refractivity contribution >= 4 is 37.5 Å². The number of hydrogen-bond donors (Lipinski definition) is 2. The lowest BCUT2D eigenvalue weighted by molar-refractivity contribution is 0.0981. The molecule has 0 atom stereocenters. The molecule has 0 bridgehead atoms. The molecule has 9 heteroatoms. The van der Waals surface area contributed by atoms with E-state index in [0.717, 1.165) is 0 Å². The number of carbonyl (C=O) groups is 1. The first-order chi connectivity index (χ1) is 11.3. The molecule has 0 aliphatic carbocycles. The van der Waals surface area contributed by atoms with Gasteiger partial charge in [0.2, 0.25) is 10.0 Å². The maximum absolute atomic E-state index is 13.6. The molecular weight excluding hydrogens is 406 g/mol. The molecule has 24 heavy (non-hydrogen) atoms. The summed E-state index contributed by atoms with van der Waals surface area (Å²) in [5.74, 6) is -3.42. The van der Waals surface area contributed by atoms with Crippen LogP contribution in [0, 0.1) is 11.6 Å². The van der Waals surface area contributed by atoms with E-state index in [0.29, 0.717) is 0 Å². The lowest BCUT2D eigenvalue weighted by Crippen LogP contribution is -2.34. The number of sulfonamides is 1. The normalized spacial score (nSPS) is 11.1. The third kappa shape index (κ3) is 4.75. The van der Waals surface area contributed by atoms with Crippen LogP contribution >= 0.6 is 15.9 Å². The van der Waals surface area contributed by atoms with Crippen LogP contribution in [0.3, 0.4) is 0 Å². The van der Waals surface area contributed by atoms with Gasteiger partial charge in [-0.1, -0.05) is 18.2 Å². The molecule has 0 radical (unpaired) electrons. The molecule has 2 rings (SSSR count). The molecule has 128 valence electrons. The molecule has 1 amide bonds. The van der Waals surface area contributed by atoms with Crippen LogP contribution in [0.5, 0.6) is 0 Å². The minimum absolute atomic E-state index is 0.0340. The first-order valence-electron chi connectivity index (χ1n) is 6.77. The van der Waals surface area contributed by atoms with Gasteiger partial charge in [-0.3, -0.25) is 4.79 Å². The fourth-order valence-electron chi connectivity index (χ4n) is 1.82. The summed E-state index contributed by atoms with van der Waals surface area (Å²) in [6.07, 6.45) is 0. The van der Waals surface area contributed by atoms with Crippen molar-refractivity contribution in [2.45, 2.75) is 0 Å². The largest absolute Gasteiger partial charge is 0.381 e. The van der Waals surface area contributed by atoms with Crippen LogP contribution in [0.25, 0.3) is 0 Å². The molecule has 0 aromatic heterocycles. The Morgan fingerprint density at radius 1 is 1.04 bits per heavy atom. The third-order valence-electron chi connectivity index (χ3n) is 3.01. The fraction of sp³-hybridized carbons (Fsp3) is 0.133. The van der Waals surface area contributed by atoms with Crippen molar-refractivity contribution in [1.29, 1.82) is 0 Å². The maximum atomic E-state index is 13.6. The number of nitrogens with one attached hydrogen (secondary N) is 2. The monoisotopic (exact) mass is 418 g/mol. The second kappa shape index (κ2) is 7.71. The van der Waals surface area contributed by atoms with Crippen molar-refractivity contribution in [3.63, 3.8) is 0 Å². The number of hydrogen-bond acceptors (Lipinski definition) is 4. The summed E-state index contributed by atoms with van der Waals surface area (Å²) >= 11 is 2.84. The Bertz CT molecular complexity index is 845. The number of benzene rings is 2. The molecule has 0 heterocycles. The summed E-state index contributed by atoms with van der Waals surface area (Å²) in [6, 6.07) is 10.4. The lowest BCUT2D eigenvalue weighted by atomic mass is 10.2. The van der Waals surface area contributed by atoms with Crippen LogP contribution in [0.1, 0.15) is 10.4 Å². The molecule has 0 saturated carbocycles. The van der Waals surface area contributed by atoms with Gasteiger partial charge < -0.3 is 5.32 Å². The molecule has 0 saturated heterocycles. The van der Waals surface area contributed by atoms with E-state index in [4.69, 9.17) is 0 Å². The van der Waals surface area contributed by atoms with Gasteiger partial charge in [-0.25, -0.2) is 21.9 Å². The average Bonchev–Trinajstić information content (AvgIpc) is 2.55. The molecule has 2 aromatic rings. The second-order valence-corrected chi connectivity index (χ2v) is 7.46. The van der Waals surface area contributed by atoms with E-state index in [1.54, 1.807) is 18.2 Å². The summed E-state index contributed by atoms with van der Waals surface area (Å²) in [6.45, 7) is -0.199. The van der Waals surface area contributed by atoms with Crippen LogP contribution < -0.4 is 10.0 Å². The quantitative estimate of drug-likeness (QED) is 0.707. The van der Waals surface area contributed by atoms with E-state index in [-0.39, 0.29) is 22.3 Å². The van der Waals surface area contributed by atoms with Crippen molar-refractivity contribution < 1.29 is 22.0 Å². The molecule has 0 aliphatic rings. The second-order valence-electron chi connectivity index (χ2n) is 4.77. The number of rotatable bonds is 6. The van der Waals surface area contributed by atoms with E-state index < -0.39 is 33.3 Å². The minimum Gasteiger partial charge on any atom is -0.381 e. The Morgan fingerprint density at radius 3 is 2.38 bits per heavy atom. The number of carbonyl (C=O) groups excluding carboxylic acids is 1. The Morgan fingerprint density at radius 2 is 1.71 bits per heavy atom. The molecule has 5 nitrogen and oxygen atoms in total. The molecule has 0 aliphatic heterocycles. The zero-order valence-corrected chi connectivity index (χ0v) is 14.6. The highest BCUT2D eigenvalue weighted by Crippen LogP contribution is 2.24. The Labute approximate surface area is 146 Å². The van der Waals surface area contributed by atoms with E-state index in [2.05, 4.69) is 21.2 Å². The summed E-state index contributed by atoms with van der Waals surface area (Å²) < 4.78 is 52.6. The van der Waals surface area contributed by atoms with Gasteiger partial charge in [0, 0.05) is 12.1 Å². The van der Waals surface area contributed by atoms with Gasteiger partial charge in [-0.05, 0) is 40.2 Å². The molecule has 0 spiro atoms. The van der Waals surface area contributed by atoms with Gasteiger partial charge in [0.1, 0.15) is 0 Å². The van der Waals surface area contributed by atoms with Crippen LogP contribution in [0.4, 0.5) is 14.5 Å². The van der Waals surface area contributed by atoms with E-state index >= 15 is 0 Å². The van der Waals surface area contributed by atoms with Gasteiger partial charge in [-0.15, -0.1) is 0 Å². The Kier molecular flexibility index (Phi) is 5.89. The van der Waals surface area contributed by atoms with Gasteiger partial charge >= 0.3 is 0 Å². The lowest BCUT2D eigenvalue weighted by Gasteiger charge is -2.10. The van der Waals surface area contributed by atoms with Crippen molar-refractivity contribution in [3.05, 3.63) is 64.1 Å². The highest BCUT2D eigenvalue weighted by atomic mass is 79.9. The standard InChI is InChI=1S/C15H13BrF2N2O3S/c16-11-6-7-12(14(18)13(11)17)19-8-9-24(22,23)20-15(21)10-4-2-1-3-5-10/h1-7,19H,8-9H2,(H,20,21). The van der Waals surface area contributed by atoms with Crippen molar-refractivity contribution in [1.82, 2.24) is 4.72 Å². The van der Waals surface area contributed by atoms with Crippen molar-refractivity contribution in [2.75, 3.05) is 17.6 Å². The van der Waals surface area contributed by atoms with Gasteiger partial charge in [-0.2, -0.15) is 0 Å². The predicted octanol–water partition coefficient (Wildman–Crippen LogP) is 2.90. The summed E-state index contributed by atoms with van der Waals surface area (Å²) in [7, 11) is -3.92. The van der Waals surface area contributed by atoms with E-state index in [1.807, 2.05) is 4.72 Å². The van der Waals surface area contributed by atoms with E-state index in [1.165, 1.54) is 24.3 Å². The molecule has 2 N–H and O–H groups in total. The fourth-order valence-corrected chi connectivity index (χ4v) is 3.00. The topological polar surface area (TPSA) is 75.3 Å². The zero-order chi connectivity index (χ0) is 17.7. The Balaban J connectivity index is 1.94. The maximum Gasteiger partial charge on any atom is 0.264 e. The Hall–Kier alpha value is -2.00. The van der Waals surface area contributed by atoms with Gasteiger partial charge in [0.05, 0.1) is 15.9 Å². The number of anilines is 1. The summed E-state index contributed by atoms with van der Waals surface area (Å²) in [4.78, 5) is 11.8. The smallest absolute Gasteiger partial charge is 0.264 e. The minimum atomic E-state index is -3.92. The first kappa shape index (κ1) is 18.3. The number of amides is 1. The third-order valence-corrected chi connectivity index (χ3v) is 4.86. The van der Waals surface area contributed by atoms with Crippen molar-refractivity contribution in [2.24, 2.45) is 0 Å². The van der Waals surface area contributed by atoms with Crippen LogP contribution in [0.2, 0.25) is 0 Å². The van der Waals surface area contributed by atoms with E-state index in [9.17, 15) is 22.0 Å². The molecule has 2 aromatic carbocycles. The van der Waals surface area contributed by atoms with Crippen LogP contribution in [-0.2, 0) is 10.0 Å². The van der Waals surface area contributed by atoms with Crippen LogP contribution in [0.15, 0.2) is 46.9 Å². The molecule has 0 unspecified atom stereocenters. The predicted molar refractivity (Wildman–Crippen MR) is 90.2 cm³/mol. The van der Waals surface area contributed by atoms with Crippen molar-refractivity contribution in [3.8, 4) is 0 Å². The highest BCUT2D eigenvalue weighted by Gasteiger charge is 2.17. The van der Waals surface area contributed by atoms with Gasteiger partial charge in [0.25, 0.3) is 5.91 Å². The van der Waals surface area contributed by atoms with Gasteiger partial charge in [0.15, 0.2) is 11.6 Å². The summed E-state index contributed by atoms with van der Waals surface area (Å²) in [5, 5.41) is 2.48. The number of halogens is 3. The zero-order valence-electron chi connectivity index (χ0n) is 12.2. The van der Waals surface area contributed by atoms with Crippen LogP contribution in [-0.4, -0.2) is 26.6 Å². The summed E-state index contributed by atoms with van der Waals surface area (Å²) in [5.41, 5.74) is 0.0374.